The monoisotopic (exact) mass is 313 g/mol. The van der Waals surface area contributed by atoms with Gasteiger partial charge in [0.1, 0.15) is 5.82 Å². The van der Waals surface area contributed by atoms with Gasteiger partial charge in [-0.05, 0) is 29.8 Å². The van der Waals surface area contributed by atoms with E-state index in [1.807, 2.05) is 36.4 Å². The Labute approximate surface area is 140 Å². The van der Waals surface area contributed by atoms with E-state index in [4.69, 9.17) is 0 Å². The molecule has 4 nitrogen and oxygen atoms in total. The van der Waals surface area contributed by atoms with Crippen molar-refractivity contribution in [3.05, 3.63) is 96.2 Å². The maximum Gasteiger partial charge on any atom is 0.260 e. The first-order chi connectivity index (χ1) is 11.8. The molecule has 0 aliphatic heterocycles. The summed E-state index contributed by atoms with van der Waals surface area (Å²) in [4.78, 5) is 18.8. The van der Waals surface area contributed by atoms with Gasteiger partial charge in [-0.3, -0.25) is 9.69 Å². The Morgan fingerprint density at radius 2 is 1.54 bits per heavy atom. The molecule has 116 valence electrons. The van der Waals surface area contributed by atoms with Crippen LogP contribution in [0, 0.1) is 11.3 Å². The van der Waals surface area contributed by atoms with Crippen molar-refractivity contribution < 1.29 is 4.79 Å². The van der Waals surface area contributed by atoms with E-state index in [9.17, 15) is 10.1 Å². The summed E-state index contributed by atoms with van der Waals surface area (Å²) in [6.07, 6.45) is 1.61. The Kier molecular flexibility index (Phi) is 4.64. The lowest BCUT2D eigenvalue weighted by Gasteiger charge is -2.26. The molecule has 1 amide bonds. The van der Waals surface area contributed by atoms with Gasteiger partial charge in [-0.2, -0.15) is 5.26 Å². The fourth-order valence-corrected chi connectivity index (χ4v) is 2.49. The summed E-state index contributed by atoms with van der Waals surface area (Å²) in [5, 5.41) is 9.74. The van der Waals surface area contributed by atoms with E-state index < -0.39 is 6.04 Å². The van der Waals surface area contributed by atoms with Crippen LogP contribution in [0.3, 0.4) is 0 Å². The Bertz CT molecular complexity index is 842. The smallest absolute Gasteiger partial charge is 0.260 e. The summed E-state index contributed by atoms with van der Waals surface area (Å²) in [5.74, 6) is 0.187. The van der Waals surface area contributed by atoms with E-state index in [1.165, 1.54) is 4.90 Å². The zero-order valence-electron chi connectivity index (χ0n) is 12.9. The van der Waals surface area contributed by atoms with Crippen LogP contribution >= 0.6 is 0 Å². The van der Waals surface area contributed by atoms with Crippen LogP contribution < -0.4 is 4.90 Å². The standard InChI is InChI=1S/C20H15N3O/c21-15-18(16-9-3-1-4-10-16)23(19-13-7-8-14-22-19)20(24)17-11-5-2-6-12-17/h1-14,18H. The molecule has 1 aromatic heterocycles. The number of pyridine rings is 1. The Balaban J connectivity index is 2.09. The normalized spacial score (nSPS) is 11.3. The minimum absolute atomic E-state index is 0.260. The highest BCUT2D eigenvalue weighted by Crippen LogP contribution is 2.27. The lowest BCUT2D eigenvalue weighted by molar-refractivity contribution is 0.0980. The fraction of sp³-hybridized carbons (Fsp3) is 0.0500. The molecule has 1 unspecified atom stereocenters. The number of anilines is 1. The molecule has 4 heteroatoms. The van der Waals surface area contributed by atoms with Crippen LogP contribution in [0.15, 0.2) is 85.1 Å². The van der Waals surface area contributed by atoms with Gasteiger partial charge < -0.3 is 0 Å². The van der Waals surface area contributed by atoms with Crippen molar-refractivity contribution in [3.63, 3.8) is 0 Å². The molecule has 0 aliphatic rings. The van der Waals surface area contributed by atoms with E-state index >= 15 is 0 Å². The van der Waals surface area contributed by atoms with Gasteiger partial charge in [-0.15, -0.1) is 0 Å². The molecule has 24 heavy (non-hydrogen) atoms. The Morgan fingerprint density at radius 3 is 2.12 bits per heavy atom. The molecule has 0 aliphatic carbocycles. The van der Waals surface area contributed by atoms with E-state index in [0.29, 0.717) is 11.4 Å². The van der Waals surface area contributed by atoms with Crippen molar-refractivity contribution in [2.24, 2.45) is 0 Å². The first kappa shape index (κ1) is 15.4. The second-order valence-corrected chi connectivity index (χ2v) is 5.17. The lowest BCUT2D eigenvalue weighted by atomic mass is 10.0. The van der Waals surface area contributed by atoms with Gasteiger partial charge in [0, 0.05) is 11.8 Å². The highest BCUT2D eigenvalue weighted by atomic mass is 16.2. The maximum absolute atomic E-state index is 13.1. The predicted octanol–water partition coefficient (Wildman–Crippen LogP) is 3.99. The molecule has 0 spiro atoms. The molecule has 0 fully saturated rings. The second-order valence-electron chi connectivity index (χ2n) is 5.17. The average molecular weight is 313 g/mol. The maximum atomic E-state index is 13.1. The zero-order valence-corrected chi connectivity index (χ0v) is 12.9. The molecule has 3 rings (SSSR count). The van der Waals surface area contributed by atoms with Crippen LogP contribution in [0.25, 0.3) is 0 Å². The van der Waals surface area contributed by atoms with Gasteiger partial charge in [-0.1, -0.05) is 54.6 Å². The number of rotatable bonds is 4. The molecule has 0 bridgehead atoms. The summed E-state index contributed by atoms with van der Waals surface area (Å²) in [7, 11) is 0. The Hall–Kier alpha value is -3.45. The number of aromatic nitrogens is 1. The number of nitrogens with zero attached hydrogens (tertiary/aromatic N) is 3. The minimum atomic E-state index is -0.756. The van der Waals surface area contributed by atoms with Crippen molar-refractivity contribution in [3.8, 4) is 6.07 Å². The van der Waals surface area contributed by atoms with Crippen LogP contribution in [0.2, 0.25) is 0 Å². The van der Waals surface area contributed by atoms with Gasteiger partial charge in [0.15, 0.2) is 6.04 Å². The number of amides is 1. The second kappa shape index (κ2) is 7.21. The molecule has 1 heterocycles. The van der Waals surface area contributed by atoms with Crippen LogP contribution in [-0.4, -0.2) is 10.9 Å². The average Bonchev–Trinajstić information content (AvgIpc) is 2.67. The number of nitriles is 1. The molecule has 2 aromatic carbocycles. The predicted molar refractivity (Wildman–Crippen MR) is 92.3 cm³/mol. The molecule has 0 saturated carbocycles. The largest absolute Gasteiger partial charge is 0.272 e. The molecule has 0 N–H and O–H groups in total. The Morgan fingerprint density at radius 1 is 0.917 bits per heavy atom. The fourth-order valence-electron chi connectivity index (χ4n) is 2.49. The quantitative estimate of drug-likeness (QED) is 0.731. The van der Waals surface area contributed by atoms with Gasteiger partial charge in [-0.25, -0.2) is 4.98 Å². The SMILES string of the molecule is N#CC(c1ccccc1)N(C(=O)c1ccccc1)c1ccccn1. The number of hydrogen-bond donors (Lipinski definition) is 0. The minimum Gasteiger partial charge on any atom is -0.272 e. The molecule has 1 atom stereocenters. The van der Waals surface area contributed by atoms with E-state index in [2.05, 4.69) is 11.1 Å². The third-order valence-corrected chi connectivity index (χ3v) is 3.63. The van der Waals surface area contributed by atoms with Gasteiger partial charge in [0.2, 0.25) is 0 Å². The number of carbonyl (C=O) groups is 1. The zero-order chi connectivity index (χ0) is 16.8. The highest BCUT2D eigenvalue weighted by molar-refractivity contribution is 6.06. The summed E-state index contributed by atoms with van der Waals surface area (Å²) >= 11 is 0. The van der Waals surface area contributed by atoms with Crippen LogP contribution in [0.1, 0.15) is 22.0 Å². The summed E-state index contributed by atoms with van der Waals surface area (Å²) < 4.78 is 0. The molecule has 0 radical (unpaired) electrons. The van der Waals surface area contributed by atoms with E-state index in [1.54, 1.807) is 48.7 Å². The highest BCUT2D eigenvalue weighted by Gasteiger charge is 2.28. The number of carbonyl (C=O) groups excluding carboxylic acids is 1. The van der Waals surface area contributed by atoms with Gasteiger partial charge >= 0.3 is 0 Å². The first-order valence-electron chi connectivity index (χ1n) is 7.55. The van der Waals surface area contributed by atoms with Crippen LogP contribution in [-0.2, 0) is 0 Å². The summed E-state index contributed by atoms with van der Waals surface area (Å²) in [6, 6.07) is 24.9. The van der Waals surface area contributed by atoms with Crippen molar-refractivity contribution in [1.29, 1.82) is 5.26 Å². The summed E-state index contributed by atoms with van der Waals surface area (Å²) in [6.45, 7) is 0. The van der Waals surface area contributed by atoms with Crippen molar-refractivity contribution in [2.45, 2.75) is 6.04 Å². The van der Waals surface area contributed by atoms with Crippen molar-refractivity contribution in [2.75, 3.05) is 4.90 Å². The van der Waals surface area contributed by atoms with E-state index in [0.717, 1.165) is 5.56 Å². The lowest BCUT2D eigenvalue weighted by Crippen LogP contribution is -2.35. The first-order valence-corrected chi connectivity index (χ1v) is 7.55. The number of benzene rings is 2. The summed E-state index contributed by atoms with van der Waals surface area (Å²) in [5.41, 5.74) is 1.26. The van der Waals surface area contributed by atoms with Crippen LogP contribution in [0.4, 0.5) is 5.82 Å². The van der Waals surface area contributed by atoms with Crippen molar-refractivity contribution in [1.82, 2.24) is 4.98 Å². The van der Waals surface area contributed by atoms with E-state index in [-0.39, 0.29) is 5.91 Å². The molecule has 3 aromatic rings. The molecular formula is C20H15N3O. The molecule has 0 saturated heterocycles. The van der Waals surface area contributed by atoms with Crippen LogP contribution in [0.5, 0.6) is 0 Å². The topological polar surface area (TPSA) is 57.0 Å². The third-order valence-electron chi connectivity index (χ3n) is 3.63. The molecular weight excluding hydrogens is 298 g/mol. The van der Waals surface area contributed by atoms with Crippen molar-refractivity contribution >= 4 is 11.7 Å². The number of hydrogen-bond acceptors (Lipinski definition) is 3. The van der Waals surface area contributed by atoms with Gasteiger partial charge in [0.25, 0.3) is 5.91 Å². The van der Waals surface area contributed by atoms with Gasteiger partial charge in [0.05, 0.1) is 6.07 Å². The third kappa shape index (κ3) is 3.16.